The molecule has 0 bridgehead atoms. The lowest BCUT2D eigenvalue weighted by atomic mass is 10.1. The average Bonchev–Trinajstić information content (AvgIpc) is 2.66. The number of carbonyl (C=O) groups is 3. The average molecular weight is 385 g/mol. The van der Waals surface area contributed by atoms with E-state index in [2.05, 4.69) is 5.32 Å². The Hall–Kier alpha value is -3.55. The molecule has 0 saturated heterocycles. The molecule has 0 saturated carbocycles. The van der Waals surface area contributed by atoms with Gasteiger partial charge in [-0.2, -0.15) is 0 Å². The number of hydrogen-bond acceptors (Lipinski definition) is 7. The van der Waals surface area contributed by atoms with Gasteiger partial charge in [0, 0.05) is 12.5 Å². The molecule has 1 aliphatic rings. The molecule has 0 aromatic heterocycles. The summed E-state index contributed by atoms with van der Waals surface area (Å²) in [6.07, 6.45) is -1.59. The van der Waals surface area contributed by atoms with E-state index < -0.39 is 36.5 Å². The number of amides is 1. The first-order valence-electron chi connectivity index (χ1n) is 8.58. The molecule has 0 spiro atoms. The Morgan fingerprint density at radius 2 is 1.79 bits per heavy atom. The van der Waals surface area contributed by atoms with Crippen LogP contribution in [0.15, 0.2) is 42.5 Å². The van der Waals surface area contributed by atoms with Crippen LogP contribution in [0.5, 0.6) is 17.2 Å². The molecule has 0 radical (unpaired) electrons. The first-order chi connectivity index (χ1) is 13.3. The number of anilines is 1. The fourth-order valence-electron chi connectivity index (χ4n) is 2.68. The van der Waals surface area contributed by atoms with Crippen molar-refractivity contribution < 1.29 is 33.7 Å². The second kappa shape index (κ2) is 7.99. The van der Waals surface area contributed by atoms with Gasteiger partial charge in [0.15, 0.2) is 23.9 Å². The minimum atomic E-state index is -1.00. The minimum absolute atomic E-state index is 0.0962. The largest absolute Gasteiger partial charge is 0.506 e. The second-order valence-electron chi connectivity index (χ2n) is 6.25. The number of rotatable bonds is 5. The van der Waals surface area contributed by atoms with E-state index in [1.54, 1.807) is 31.2 Å². The van der Waals surface area contributed by atoms with Crippen LogP contribution in [-0.2, 0) is 14.3 Å². The van der Waals surface area contributed by atoms with Crippen LogP contribution < -0.4 is 14.8 Å². The second-order valence-corrected chi connectivity index (χ2v) is 6.25. The van der Waals surface area contributed by atoms with Gasteiger partial charge in [-0.05, 0) is 37.3 Å². The van der Waals surface area contributed by atoms with Crippen molar-refractivity contribution in [3.63, 3.8) is 0 Å². The number of phenols is 1. The quantitative estimate of drug-likeness (QED) is 0.461. The van der Waals surface area contributed by atoms with Crippen molar-refractivity contribution in [2.45, 2.75) is 26.1 Å². The molecule has 1 aliphatic heterocycles. The Morgan fingerprint density at radius 1 is 1.11 bits per heavy atom. The summed E-state index contributed by atoms with van der Waals surface area (Å²) in [5.74, 6) is -0.836. The number of benzene rings is 2. The van der Waals surface area contributed by atoms with Gasteiger partial charge in [0.1, 0.15) is 11.9 Å². The van der Waals surface area contributed by atoms with Gasteiger partial charge in [0.05, 0.1) is 5.69 Å². The molecule has 146 valence electrons. The van der Waals surface area contributed by atoms with Crippen LogP contribution in [-0.4, -0.2) is 41.6 Å². The summed E-state index contributed by atoms with van der Waals surface area (Å²) in [6.45, 7) is 2.43. The number of ketones is 1. The summed E-state index contributed by atoms with van der Waals surface area (Å²) < 4.78 is 16.4. The number of aromatic hydroxyl groups is 1. The number of esters is 1. The number of ether oxygens (including phenoxy) is 3. The van der Waals surface area contributed by atoms with Gasteiger partial charge in [-0.15, -0.1) is 0 Å². The Bertz CT molecular complexity index is 925. The summed E-state index contributed by atoms with van der Waals surface area (Å²) in [7, 11) is 0. The van der Waals surface area contributed by atoms with Crippen LogP contribution in [0.2, 0.25) is 0 Å². The first kappa shape index (κ1) is 19.2. The molecule has 0 unspecified atom stereocenters. The van der Waals surface area contributed by atoms with Crippen LogP contribution in [0.3, 0.4) is 0 Å². The fraction of sp³-hybridized carbons (Fsp3) is 0.250. The zero-order chi connectivity index (χ0) is 20.3. The SMILES string of the molecule is CC(=O)Nc1cc(C(=O)COC(=O)[C@H]2Oc3ccccc3O[C@H]2C)ccc1O. The monoisotopic (exact) mass is 385 g/mol. The molecule has 8 heteroatoms. The van der Waals surface area contributed by atoms with Gasteiger partial charge in [-0.25, -0.2) is 4.79 Å². The summed E-state index contributed by atoms with van der Waals surface area (Å²) in [4.78, 5) is 35.8. The Morgan fingerprint density at radius 3 is 2.46 bits per heavy atom. The number of nitrogens with one attached hydrogen (secondary N) is 1. The van der Waals surface area contributed by atoms with Gasteiger partial charge in [0.25, 0.3) is 0 Å². The van der Waals surface area contributed by atoms with Crippen LogP contribution in [0, 0.1) is 0 Å². The molecule has 0 aliphatic carbocycles. The smallest absolute Gasteiger partial charge is 0.351 e. The topological polar surface area (TPSA) is 111 Å². The van der Waals surface area contributed by atoms with Gasteiger partial charge >= 0.3 is 5.97 Å². The molecule has 2 atom stereocenters. The lowest BCUT2D eigenvalue weighted by Gasteiger charge is -2.30. The molecule has 3 rings (SSSR count). The maximum atomic E-state index is 12.3. The van der Waals surface area contributed by atoms with E-state index in [0.29, 0.717) is 11.5 Å². The number of carbonyl (C=O) groups excluding carboxylic acids is 3. The zero-order valence-corrected chi connectivity index (χ0v) is 15.3. The molecule has 1 amide bonds. The van der Waals surface area contributed by atoms with Crippen LogP contribution in [0.1, 0.15) is 24.2 Å². The number of phenolic OH excluding ortho intramolecular Hbond substituents is 1. The Balaban J connectivity index is 1.63. The van der Waals surface area contributed by atoms with Crippen molar-refractivity contribution in [1.82, 2.24) is 0 Å². The van der Waals surface area contributed by atoms with E-state index in [0.717, 1.165) is 0 Å². The predicted octanol–water partition coefficient (Wildman–Crippen LogP) is 2.31. The van der Waals surface area contributed by atoms with Crippen molar-refractivity contribution in [1.29, 1.82) is 0 Å². The number of fused-ring (bicyclic) bond motifs is 1. The Kier molecular flexibility index (Phi) is 5.49. The third-order valence-electron chi connectivity index (χ3n) is 4.05. The van der Waals surface area contributed by atoms with Crippen molar-refractivity contribution >= 4 is 23.3 Å². The molecule has 1 heterocycles. The minimum Gasteiger partial charge on any atom is -0.506 e. The van der Waals surface area contributed by atoms with E-state index in [1.807, 2.05) is 0 Å². The molecule has 8 nitrogen and oxygen atoms in total. The van der Waals surface area contributed by atoms with E-state index >= 15 is 0 Å². The molecule has 2 aromatic rings. The van der Waals surface area contributed by atoms with Crippen molar-refractivity contribution in [2.75, 3.05) is 11.9 Å². The van der Waals surface area contributed by atoms with E-state index in [4.69, 9.17) is 14.2 Å². The van der Waals surface area contributed by atoms with E-state index in [9.17, 15) is 19.5 Å². The van der Waals surface area contributed by atoms with E-state index in [1.165, 1.54) is 25.1 Å². The fourth-order valence-corrected chi connectivity index (χ4v) is 2.68. The van der Waals surface area contributed by atoms with Gasteiger partial charge in [0.2, 0.25) is 12.0 Å². The highest BCUT2D eigenvalue weighted by molar-refractivity contribution is 6.00. The van der Waals surface area contributed by atoms with E-state index in [-0.39, 0.29) is 17.0 Å². The maximum absolute atomic E-state index is 12.3. The number of Topliss-reactive ketones (excluding diaryl/α,β-unsaturated/α-hetero) is 1. The summed E-state index contributed by atoms with van der Waals surface area (Å²) >= 11 is 0. The van der Waals surface area contributed by atoms with Gasteiger partial charge < -0.3 is 24.6 Å². The summed E-state index contributed by atoms with van der Waals surface area (Å²) in [5.41, 5.74) is 0.271. The van der Waals surface area contributed by atoms with Gasteiger partial charge in [-0.3, -0.25) is 9.59 Å². The molecular weight excluding hydrogens is 366 g/mol. The molecule has 2 N–H and O–H groups in total. The first-order valence-corrected chi connectivity index (χ1v) is 8.58. The molecular formula is C20H19NO7. The van der Waals surface area contributed by atoms with Crippen LogP contribution >= 0.6 is 0 Å². The van der Waals surface area contributed by atoms with Crippen molar-refractivity contribution in [3.05, 3.63) is 48.0 Å². The summed E-state index contributed by atoms with van der Waals surface area (Å²) in [5, 5.41) is 12.1. The van der Waals surface area contributed by atoms with Crippen LogP contribution in [0.4, 0.5) is 5.69 Å². The normalized spacial score (nSPS) is 17.5. The lowest BCUT2D eigenvalue weighted by molar-refractivity contribution is -0.156. The highest BCUT2D eigenvalue weighted by Crippen LogP contribution is 2.33. The highest BCUT2D eigenvalue weighted by Gasteiger charge is 2.35. The Labute approximate surface area is 161 Å². The van der Waals surface area contributed by atoms with Crippen LogP contribution in [0.25, 0.3) is 0 Å². The summed E-state index contributed by atoms with van der Waals surface area (Å²) in [6, 6.07) is 10.9. The standard InChI is InChI=1S/C20H19NO7/c1-11-19(28-18-6-4-3-5-17(18)27-11)20(25)26-10-16(24)13-7-8-15(23)14(9-13)21-12(2)22/h3-9,11,19,23H,10H2,1-2H3,(H,21,22)/t11-,19-/m0/s1. The van der Waals surface area contributed by atoms with Crippen molar-refractivity contribution in [3.8, 4) is 17.2 Å². The predicted molar refractivity (Wildman–Crippen MR) is 98.6 cm³/mol. The molecule has 2 aromatic carbocycles. The highest BCUT2D eigenvalue weighted by atomic mass is 16.6. The number of hydrogen-bond donors (Lipinski definition) is 2. The van der Waals surface area contributed by atoms with Gasteiger partial charge in [-0.1, -0.05) is 12.1 Å². The third-order valence-corrected chi connectivity index (χ3v) is 4.05. The lowest BCUT2D eigenvalue weighted by Crippen LogP contribution is -2.44. The van der Waals surface area contributed by atoms with Crippen molar-refractivity contribution in [2.24, 2.45) is 0 Å². The number of para-hydroxylation sites is 2. The molecule has 0 fully saturated rings. The molecule has 28 heavy (non-hydrogen) atoms. The maximum Gasteiger partial charge on any atom is 0.351 e. The third kappa shape index (κ3) is 4.22. The zero-order valence-electron chi connectivity index (χ0n) is 15.3.